The van der Waals surface area contributed by atoms with Crippen molar-refractivity contribution < 1.29 is 4.79 Å². The zero-order valence-corrected chi connectivity index (χ0v) is 21.7. The van der Waals surface area contributed by atoms with Crippen LogP contribution in [0.1, 0.15) is 60.5 Å². The van der Waals surface area contributed by atoms with E-state index < -0.39 is 0 Å². The van der Waals surface area contributed by atoms with E-state index in [2.05, 4.69) is 100 Å². The Morgan fingerprint density at radius 3 is 2.65 bits per heavy atom. The van der Waals surface area contributed by atoms with Crippen molar-refractivity contribution in [1.29, 1.82) is 0 Å². The van der Waals surface area contributed by atoms with Crippen molar-refractivity contribution in [1.82, 2.24) is 9.62 Å². The summed E-state index contributed by atoms with van der Waals surface area (Å²) in [6.45, 7) is 14.6. The smallest absolute Gasteiger partial charge is 0.221 e. The summed E-state index contributed by atoms with van der Waals surface area (Å²) in [5.41, 5.74) is 3.30. The molecular weight excluding hydrogens is 422 g/mol. The van der Waals surface area contributed by atoms with Crippen molar-refractivity contribution in [3.05, 3.63) is 53.8 Å². The first-order chi connectivity index (χ1) is 14.5. The van der Waals surface area contributed by atoms with Crippen molar-refractivity contribution in [3.63, 3.8) is 0 Å². The SMILES string of the molecule is CC/C=C(C)\C=C/C(C)C1SC(c2ccc(NC(C)=O)cc2SNC(C)(C)C)=CN1C. The van der Waals surface area contributed by atoms with Gasteiger partial charge in [-0.25, -0.2) is 0 Å². The van der Waals surface area contributed by atoms with E-state index in [4.69, 9.17) is 0 Å². The van der Waals surface area contributed by atoms with Gasteiger partial charge in [0, 0.05) is 52.7 Å². The summed E-state index contributed by atoms with van der Waals surface area (Å²) in [6, 6.07) is 6.15. The molecular formula is C25H37N3OS2. The van der Waals surface area contributed by atoms with Gasteiger partial charge in [0.25, 0.3) is 0 Å². The average molecular weight is 460 g/mol. The summed E-state index contributed by atoms with van der Waals surface area (Å²) in [5.74, 6) is 0.348. The number of carbonyl (C=O) groups excluding carboxylic acids is 1. The van der Waals surface area contributed by atoms with E-state index in [1.165, 1.54) is 23.0 Å². The lowest BCUT2D eigenvalue weighted by Crippen LogP contribution is -2.29. The predicted molar refractivity (Wildman–Crippen MR) is 139 cm³/mol. The predicted octanol–water partition coefficient (Wildman–Crippen LogP) is 6.89. The topological polar surface area (TPSA) is 44.4 Å². The number of hydrogen-bond donors (Lipinski definition) is 2. The Bertz CT molecular complexity index is 868. The van der Waals surface area contributed by atoms with Gasteiger partial charge in [0.15, 0.2) is 0 Å². The molecule has 1 aliphatic heterocycles. The molecule has 0 fully saturated rings. The highest BCUT2D eigenvalue weighted by Gasteiger charge is 2.28. The Labute approximate surface area is 197 Å². The molecule has 1 aromatic carbocycles. The maximum absolute atomic E-state index is 11.5. The van der Waals surface area contributed by atoms with Crippen LogP contribution < -0.4 is 10.0 Å². The van der Waals surface area contributed by atoms with Gasteiger partial charge in [0.2, 0.25) is 5.91 Å². The molecule has 1 amide bonds. The molecule has 0 bridgehead atoms. The fourth-order valence-corrected chi connectivity index (χ4v) is 5.48. The minimum atomic E-state index is -0.0604. The summed E-state index contributed by atoms with van der Waals surface area (Å²) >= 11 is 3.52. The molecule has 0 aromatic heterocycles. The second-order valence-corrected chi connectivity index (χ2v) is 11.1. The molecule has 31 heavy (non-hydrogen) atoms. The van der Waals surface area contributed by atoms with Crippen LogP contribution >= 0.6 is 23.7 Å². The molecule has 2 unspecified atom stereocenters. The fraction of sp³-hybridized carbons (Fsp3) is 0.480. The molecule has 1 aromatic rings. The highest BCUT2D eigenvalue weighted by Crippen LogP contribution is 2.45. The first kappa shape index (κ1) is 25.6. The minimum Gasteiger partial charge on any atom is -0.367 e. The Balaban J connectivity index is 2.25. The third-order valence-electron chi connectivity index (χ3n) is 4.64. The van der Waals surface area contributed by atoms with E-state index in [1.807, 2.05) is 17.8 Å². The zero-order chi connectivity index (χ0) is 23.2. The van der Waals surface area contributed by atoms with Gasteiger partial charge < -0.3 is 10.2 Å². The van der Waals surface area contributed by atoms with Gasteiger partial charge in [-0.1, -0.05) is 55.5 Å². The van der Waals surface area contributed by atoms with E-state index in [0.29, 0.717) is 11.3 Å². The second kappa shape index (κ2) is 11.3. The maximum Gasteiger partial charge on any atom is 0.221 e. The number of hydrogen-bond acceptors (Lipinski definition) is 5. The molecule has 2 atom stereocenters. The van der Waals surface area contributed by atoms with Gasteiger partial charge in [-0.3, -0.25) is 9.52 Å². The minimum absolute atomic E-state index is 0.0222. The van der Waals surface area contributed by atoms with Crippen LogP contribution in [0.15, 0.2) is 53.1 Å². The summed E-state index contributed by atoms with van der Waals surface area (Å²) in [7, 11) is 2.15. The van der Waals surface area contributed by atoms with Crippen molar-refractivity contribution in [2.45, 2.75) is 70.7 Å². The van der Waals surface area contributed by atoms with Crippen LogP contribution in [0.25, 0.3) is 4.91 Å². The lowest BCUT2D eigenvalue weighted by atomic mass is 10.1. The number of nitrogens with one attached hydrogen (secondary N) is 2. The Kier molecular flexibility index (Phi) is 9.34. The molecule has 0 radical (unpaired) electrons. The fourth-order valence-electron chi connectivity index (χ4n) is 3.20. The average Bonchev–Trinajstić information content (AvgIpc) is 3.05. The number of benzene rings is 1. The second-order valence-electron chi connectivity index (χ2n) is 9.09. The first-order valence-electron chi connectivity index (χ1n) is 10.8. The van der Waals surface area contributed by atoms with Gasteiger partial charge in [-0.2, -0.15) is 0 Å². The lowest BCUT2D eigenvalue weighted by molar-refractivity contribution is -0.114. The molecule has 1 heterocycles. The summed E-state index contributed by atoms with van der Waals surface area (Å²) in [6.07, 6.45) is 10.1. The summed E-state index contributed by atoms with van der Waals surface area (Å²) in [4.78, 5) is 16.2. The van der Waals surface area contributed by atoms with Gasteiger partial charge in [-0.15, -0.1) is 0 Å². The summed E-state index contributed by atoms with van der Waals surface area (Å²) < 4.78 is 3.51. The summed E-state index contributed by atoms with van der Waals surface area (Å²) in [5, 5.41) is 3.25. The van der Waals surface area contributed by atoms with Crippen molar-refractivity contribution in [2.24, 2.45) is 5.92 Å². The Morgan fingerprint density at radius 1 is 1.32 bits per heavy atom. The zero-order valence-electron chi connectivity index (χ0n) is 20.1. The number of carbonyl (C=O) groups is 1. The van der Waals surface area contributed by atoms with E-state index >= 15 is 0 Å². The van der Waals surface area contributed by atoms with Crippen molar-refractivity contribution in [3.8, 4) is 0 Å². The van der Waals surface area contributed by atoms with Crippen LogP contribution in [0, 0.1) is 5.92 Å². The first-order valence-corrected chi connectivity index (χ1v) is 12.5. The molecule has 2 N–H and O–H groups in total. The number of rotatable bonds is 8. The van der Waals surface area contributed by atoms with Crippen molar-refractivity contribution >= 4 is 40.2 Å². The number of allylic oxidation sites excluding steroid dienone is 3. The maximum atomic E-state index is 11.5. The van der Waals surface area contributed by atoms with Gasteiger partial charge in [0.05, 0.1) is 5.37 Å². The molecule has 0 spiro atoms. The van der Waals surface area contributed by atoms with Crippen LogP contribution in [0.2, 0.25) is 0 Å². The quantitative estimate of drug-likeness (QED) is 0.327. The third kappa shape index (κ3) is 8.09. The number of nitrogens with zero attached hydrogens (tertiary/aromatic N) is 1. The normalized spacial score (nSPS) is 18.5. The molecule has 4 nitrogen and oxygen atoms in total. The largest absolute Gasteiger partial charge is 0.367 e. The van der Waals surface area contributed by atoms with Crippen LogP contribution in [-0.2, 0) is 4.79 Å². The van der Waals surface area contributed by atoms with Gasteiger partial charge in [0.1, 0.15) is 0 Å². The monoisotopic (exact) mass is 459 g/mol. The molecule has 0 saturated carbocycles. The highest BCUT2D eigenvalue weighted by atomic mass is 32.2. The third-order valence-corrected chi connectivity index (χ3v) is 7.50. The number of amides is 1. The van der Waals surface area contributed by atoms with Crippen LogP contribution in [0.3, 0.4) is 0 Å². The van der Waals surface area contributed by atoms with Gasteiger partial charge >= 0.3 is 0 Å². The molecule has 2 rings (SSSR count). The standard InChI is InChI=1S/C25H37N3OS2/c1-9-10-17(2)11-12-18(3)24-28(8)16-23(30-24)21-14-13-20(26-19(4)29)15-22(21)31-27-25(5,6)7/h10-16,18,24,27H,9H2,1-8H3,(H,26,29)/b12-11-,17-10-. The molecule has 0 saturated heterocycles. The van der Waals surface area contributed by atoms with Crippen LogP contribution in [0.5, 0.6) is 0 Å². The lowest BCUT2D eigenvalue weighted by Gasteiger charge is -2.24. The van der Waals surface area contributed by atoms with E-state index in [9.17, 15) is 4.79 Å². The van der Waals surface area contributed by atoms with E-state index in [0.717, 1.165) is 17.0 Å². The molecule has 0 aliphatic carbocycles. The van der Waals surface area contributed by atoms with Crippen molar-refractivity contribution in [2.75, 3.05) is 12.4 Å². The molecule has 1 aliphatic rings. The van der Waals surface area contributed by atoms with Crippen LogP contribution in [0.4, 0.5) is 5.69 Å². The highest BCUT2D eigenvalue weighted by molar-refractivity contribution is 8.09. The van der Waals surface area contributed by atoms with Crippen LogP contribution in [-0.4, -0.2) is 28.8 Å². The Hall–Kier alpha value is -1.63. The molecule has 6 heteroatoms. The molecule has 170 valence electrons. The van der Waals surface area contributed by atoms with E-state index in [1.54, 1.807) is 11.9 Å². The number of anilines is 1. The Morgan fingerprint density at radius 2 is 2.03 bits per heavy atom. The number of thioether (sulfide) groups is 1. The van der Waals surface area contributed by atoms with Gasteiger partial charge in [-0.05, 0) is 58.2 Å². The van der Waals surface area contributed by atoms with E-state index in [-0.39, 0.29) is 11.4 Å².